The fourth-order valence-electron chi connectivity index (χ4n) is 4.13. The molecule has 1 unspecified atom stereocenters. The molecule has 0 radical (unpaired) electrons. The van der Waals surface area contributed by atoms with E-state index < -0.39 is 12.2 Å². The number of nitrogens with zero attached hydrogens (tertiary/aromatic N) is 2. The second-order valence-corrected chi connectivity index (χ2v) is 7.33. The fourth-order valence-corrected chi connectivity index (χ4v) is 4.13. The average Bonchev–Trinajstić information content (AvgIpc) is 2.98. The van der Waals surface area contributed by atoms with E-state index in [4.69, 9.17) is 4.74 Å². The van der Waals surface area contributed by atoms with Crippen LogP contribution in [0.2, 0.25) is 0 Å². The number of alkyl halides is 2. The first kappa shape index (κ1) is 18.7. The second-order valence-electron chi connectivity index (χ2n) is 7.33. The lowest BCUT2D eigenvalue weighted by atomic mass is 9.88. The molecule has 0 saturated carbocycles. The van der Waals surface area contributed by atoms with Crippen LogP contribution in [0.5, 0.6) is 5.75 Å². The Balaban J connectivity index is 1.50. The Morgan fingerprint density at radius 3 is 2.64 bits per heavy atom. The number of amides is 1. The zero-order valence-corrected chi connectivity index (χ0v) is 15.4. The SMILES string of the molecule is O=C1OCC2(Cc3ccccc3)CN(Cc3cccc(OC(F)F)c3)CCN12. The molecule has 0 aromatic heterocycles. The highest BCUT2D eigenvalue weighted by Crippen LogP contribution is 2.33. The number of halogens is 2. The molecule has 0 N–H and O–H groups in total. The van der Waals surface area contributed by atoms with Crippen LogP contribution in [-0.2, 0) is 17.7 Å². The summed E-state index contributed by atoms with van der Waals surface area (Å²) in [4.78, 5) is 16.3. The maximum absolute atomic E-state index is 12.5. The molecule has 2 aromatic carbocycles. The highest BCUT2D eigenvalue weighted by Gasteiger charge is 2.50. The summed E-state index contributed by atoms with van der Waals surface area (Å²) in [5, 5.41) is 0. The van der Waals surface area contributed by atoms with Crippen LogP contribution in [0, 0.1) is 0 Å². The van der Waals surface area contributed by atoms with Crippen LogP contribution in [0.3, 0.4) is 0 Å². The molecule has 0 bridgehead atoms. The van der Waals surface area contributed by atoms with Gasteiger partial charge in [-0.15, -0.1) is 0 Å². The molecular weight excluding hydrogens is 366 g/mol. The molecule has 2 aromatic rings. The molecule has 148 valence electrons. The summed E-state index contributed by atoms with van der Waals surface area (Å²) < 4.78 is 34.8. The normalized spacial score (nSPS) is 22.2. The molecule has 2 aliphatic rings. The summed E-state index contributed by atoms with van der Waals surface area (Å²) in [7, 11) is 0. The van der Waals surface area contributed by atoms with Crippen LogP contribution in [-0.4, -0.2) is 54.3 Å². The summed E-state index contributed by atoms with van der Waals surface area (Å²) in [6, 6.07) is 16.8. The standard InChI is InChI=1S/C21H22F2N2O3/c22-19(23)28-18-8-4-7-17(11-18)13-24-9-10-25-20(26)27-15-21(25,14-24)12-16-5-2-1-3-6-16/h1-8,11,19H,9-10,12-15H2. The molecule has 1 atom stereocenters. The number of benzene rings is 2. The lowest BCUT2D eigenvalue weighted by Gasteiger charge is -2.45. The van der Waals surface area contributed by atoms with Crippen molar-refractivity contribution in [2.24, 2.45) is 0 Å². The number of carbonyl (C=O) groups is 1. The summed E-state index contributed by atoms with van der Waals surface area (Å²) in [6.45, 7) is 0.0533. The Bertz CT molecular complexity index is 833. The van der Waals surface area contributed by atoms with Gasteiger partial charge >= 0.3 is 12.7 Å². The predicted octanol–water partition coefficient (Wildman–Crippen LogP) is 3.54. The first-order valence-electron chi connectivity index (χ1n) is 9.29. The molecule has 0 spiro atoms. The van der Waals surface area contributed by atoms with Crippen molar-refractivity contribution in [3.8, 4) is 5.75 Å². The molecule has 7 heteroatoms. The third kappa shape index (κ3) is 3.94. The highest BCUT2D eigenvalue weighted by molar-refractivity contribution is 5.71. The van der Waals surface area contributed by atoms with Gasteiger partial charge in [0.05, 0.1) is 5.54 Å². The maximum Gasteiger partial charge on any atom is 0.410 e. The summed E-state index contributed by atoms with van der Waals surface area (Å²) in [6.07, 6.45) is 0.452. The van der Waals surface area contributed by atoms with Gasteiger partial charge in [0.15, 0.2) is 0 Å². The van der Waals surface area contributed by atoms with Crippen molar-refractivity contribution in [1.82, 2.24) is 9.80 Å². The van der Waals surface area contributed by atoms with E-state index in [0.717, 1.165) is 11.1 Å². The number of fused-ring (bicyclic) bond motifs is 1. The van der Waals surface area contributed by atoms with E-state index in [1.165, 1.54) is 6.07 Å². The van der Waals surface area contributed by atoms with Crippen LogP contribution >= 0.6 is 0 Å². The molecule has 4 rings (SSSR count). The fraction of sp³-hybridized carbons (Fsp3) is 0.381. The van der Waals surface area contributed by atoms with Crippen molar-refractivity contribution in [2.75, 3.05) is 26.2 Å². The Kier molecular flexibility index (Phi) is 5.17. The van der Waals surface area contributed by atoms with E-state index in [0.29, 0.717) is 39.2 Å². The van der Waals surface area contributed by atoms with Crippen LogP contribution in [0.25, 0.3) is 0 Å². The average molecular weight is 388 g/mol. The van der Waals surface area contributed by atoms with Gasteiger partial charge in [-0.2, -0.15) is 8.78 Å². The highest BCUT2D eigenvalue weighted by atomic mass is 19.3. The summed E-state index contributed by atoms with van der Waals surface area (Å²) in [5.41, 5.74) is 1.64. The largest absolute Gasteiger partial charge is 0.447 e. The van der Waals surface area contributed by atoms with Gasteiger partial charge in [-0.3, -0.25) is 9.80 Å². The number of carbonyl (C=O) groups excluding carboxylic acids is 1. The minimum Gasteiger partial charge on any atom is -0.447 e. The molecule has 28 heavy (non-hydrogen) atoms. The molecule has 2 saturated heterocycles. The van der Waals surface area contributed by atoms with Crippen LogP contribution in [0.4, 0.5) is 13.6 Å². The van der Waals surface area contributed by atoms with Crippen molar-refractivity contribution in [3.05, 3.63) is 65.7 Å². The van der Waals surface area contributed by atoms with E-state index >= 15 is 0 Å². The van der Waals surface area contributed by atoms with E-state index in [2.05, 4.69) is 21.8 Å². The van der Waals surface area contributed by atoms with Gasteiger partial charge in [-0.25, -0.2) is 4.79 Å². The van der Waals surface area contributed by atoms with Crippen LogP contribution in [0.15, 0.2) is 54.6 Å². The van der Waals surface area contributed by atoms with Crippen LogP contribution < -0.4 is 4.74 Å². The van der Waals surface area contributed by atoms with Crippen molar-refractivity contribution < 1.29 is 23.0 Å². The Hall–Kier alpha value is -2.67. The van der Waals surface area contributed by atoms with E-state index in [1.54, 1.807) is 12.1 Å². The van der Waals surface area contributed by atoms with E-state index in [-0.39, 0.29) is 11.8 Å². The van der Waals surface area contributed by atoms with Gasteiger partial charge in [0, 0.05) is 32.6 Å². The number of cyclic esters (lactones) is 1. The lowest BCUT2D eigenvalue weighted by Crippen LogP contribution is -2.62. The number of hydrogen-bond donors (Lipinski definition) is 0. The zero-order chi connectivity index (χ0) is 19.6. The number of piperazine rings is 1. The predicted molar refractivity (Wildman–Crippen MR) is 99.3 cm³/mol. The topological polar surface area (TPSA) is 42.0 Å². The first-order valence-corrected chi connectivity index (χ1v) is 9.29. The molecular formula is C21H22F2N2O3. The minimum atomic E-state index is -2.84. The van der Waals surface area contributed by atoms with Crippen molar-refractivity contribution in [2.45, 2.75) is 25.1 Å². The van der Waals surface area contributed by atoms with E-state index in [1.807, 2.05) is 29.2 Å². The third-order valence-corrected chi connectivity index (χ3v) is 5.32. The lowest BCUT2D eigenvalue weighted by molar-refractivity contribution is -0.0499. The smallest absolute Gasteiger partial charge is 0.410 e. The first-order chi connectivity index (χ1) is 13.5. The molecule has 0 aliphatic carbocycles. The third-order valence-electron chi connectivity index (χ3n) is 5.32. The molecule has 5 nitrogen and oxygen atoms in total. The minimum absolute atomic E-state index is 0.157. The maximum atomic E-state index is 12.5. The molecule has 2 fully saturated rings. The van der Waals surface area contributed by atoms with Gasteiger partial charge in [-0.1, -0.05) is 42.5 Å². The zero-order valence-electron chi connectivity index (χ0n) is 15.4. The number of hydrogen-bond acceptors (Lipinski definition) is 4. The van der Waals surface area contributed by atoms with Gasteiger partial charge in [0.25, 0.3) is 0 Å². The summed E-state index contributed by atoms with van der Waals surface area (Å²) >= 11 is 0. The Morgan fingerprint density at radius 2 is 1.86 bits per heavy atom. The second kappa shape index (κ2) is 7.75. The summed E-state index contributed by atoms with van der Waals surface area (Å²) in [5.74, 6) is 0.157. The Labute approximate surface area is 162 Å². The number of rotatable bonds is 6. The number of ether oxygens (including phenoxy) is 2. The van der Waals surface area contributed by atoms with Crippen molar-refractivity contribution >= 4 is 6.09 Å². The van der Waals surface area contributed by atoms with Gasteiger partial charge in [-0.05, 0) is 23.3 Å². The van der Waals surface area contributed by atoms with Gasteiger partial charge in [0.2, 0.25) is 0 Å². The van der Waals surface area contributed by atoms with Gasteiger partial charge in [0.1, 0.15) is 12.4 Å². The molecule has 2 heterocycles. The van der Waals surface area contributed by atoms with Crippen molar-refractivity contribution in [3.63, 3.8) is 0 Å². The Morgan fingerprint density at radius 1 is 1.07 bits per heavy atom. The van der Waals surface area contributed by atoms with Gasteiger partial charge < -0.3 is 9.47 Å². The van der Waals surface area contributed by atoms with Crippen molar-refractivity contribution in [1.29, 1.82) is 0 Å². The monoisotopic (exact) mass is 388 g/mol. The molecule has 2 aliphatic heterocycles. The van der Waals surface area contributed by atoms with E-state index in [9.17, 15) is 13.6 Å². The quantitative estimate of drug-likeness (QED) is 0.759. The van der Waals surface area contributed by atoms with Crippen LogP contribution in [0.1, 0.15) is 11.1 Å². The molecule has 1 amide bonds.